The van der Waals surface area contributed by atoms with Gasteiger partial charge in [-0.25, -0.2) is 9.59 Å². The predicted octanol–water partition coefficient (Wildman–Crippen LogP) is 5.03. The second kappa shape index (κ2) is 15.0. The zero-order valence-electron chi connectivity index (χ0n) is 26.9. The van der Waals surface area contributed by atoms with Gasteiger partial charge >= 0.3 is 11.3 Å². The molecule has 0 aliphatic carbocycles. The average molecular weight is 707 g/mol. The first kappa shape index (κ1) is 34.5. The Hall–Kier alpha value is -7.36. The third kappa shape index (κ3) is 8.08. The lowest BCUT2D eigenvalue weighted by Gasteiger charge is -2.09. The van der Waals surface area contributed by atoms with Gasteiger partial charge in [-0.1, -0.05) is 0 Å². The lowest BCUT2D eigenvalue weighted by atomic mass is 10.1. The van der Waals surface area contributed by atoms with E-state index in [9.17, 15) is 39.4 Å². The van der Waals surface area contributed by atoms with E-state index in [1.54, 1.807) is 48.5 Å². The number of rotatable bonds is 13. The lowest BCUT2D eigenvalue weighted by molar-refractivity contribution is -0.385. The van der Waals surface area contributed by atoms with Gasteiger partial charge in [-0.2, -0.15) is 0 Å². The summed E-state index contributed by atoms with van der Waals surface area (Å²) in [5.41, 5.74) is -0.653. The Morgan fingerprint density at radius 2 is 0.962 bits per heavy atom. The number of nitro groups is 2. The molecule has 16 nitrogen and oxygen atoms in total. The van der Waals surface area contributed by atoms with Gasteiger partial charge in [0.2, 0.25) is 0 Å². The van der Waals surface area contributed by atoms with Crippen LogP contribution < -0.4 is 31.4 Å². The van der Waals surface area contributed by atoms with Gasteiger partial charge in [-0.3, -0.25) is 29.8 Å². The third-order valence-electron chi connectivity index (χ3n) is 7.71. The Labute approximate surface area is 291 Å². The van der Waals surface area contributed by atoms with E-state index < -0.39 is 32.9 Å². The molecule has 0 atom stereocenters. The minimum atomic E-state index is -0.893. The van der Waals surface area contributed by atoms with Crippen LogP contribution in [0.3, 0.4) is 0 Å². The Morgan fingerprint density at radius 3 is 1.33 bits per heavy atom. The third-order valence-corrected chi connectivity index (χ3v) is 7.71. The van der Waals surface area contributed by atoms with Gasteiger partial charge in [0.1, 0.15) is 47.0 Å². The van der Waals surface area contributed by atoms with Crippen LogP contribution in [0.25, 0.3) is 21.9 Å². The van der Waals surface area contributed by atoms with E-state index >= 15 is 0 Å². The normalized spacial score (nSPS) is 10.8. The summed E-state index contributed by atoms with van der Waals surface area (Å²) in [5.74, 6) is -0.726. The van der Waals surface area contributed by atoms with Crippen LogP contribution in [-0.4, -0.2) is 34.8 Å². The summed E-state index contributed by atoms with van der Waals surface area (Å²) >= 11 is 0. The summed E-state index contributed by atoms with van der Waals surface area (Å²) < 4.78 is 22.1. The van der Waals surface area contributed by atoms with Crippen LogP contribution in [0.4, 0.5) is 11.4 Å². The van der Waals surface area contributed by atoms with Crippen LogP contribution >= 0.6 is 0 Å². The molecule has 0 aliphatic heterocycles. The monoisotopic (exact) mass is 706 g/mol. The molecule has 262 valence electrons. The average Bonchev–Trinajstić information content (AvgIpc) is 3.14. The van der Waals surface area contributed by atoms with Gasteiger partial charge in [0.15, 0.2) is 0 Å². The van der Waals surface area contributed by atoms with Crippen molar-refractivity contribution in [2.75, 3.05) is 13.1 Å². The summed E-state index contributed by atoms with van der Waals surface area (Å²) in [6.45, 7) is 0.0712. The van der Waals surface area contributed by atoms with E-state index in [0.29, 0.717) is 33.4 Å². The number of nitrogens with zero attached hydrogens (tertiary/aromatic N) is 2. The maximum absolute atomic E-state index is 12.8. The van der Waals surface area contributed by atoms with Gasteiger partial charge in [-0.05, 0) is 71.8 Å². The van der Waals surface area contributed by atoms with Crippen molar-refractivity contribution >= 4 is 45.1 Å². The number of carbonyl (C=O) groups is 2. The van der Waals surface area contributed by atoms with Crippen LogP contribution in [0.2, 0.25) is 0 Å². The number of amides is 2. The molecule has 2 N–H and O–H groups in total. The number of benzene rings is 4. The molecule has 0 aliphatic rings. The molecular weight excluding hydrogens is 680 g/mol. The zero-order valence-corrected chi connectivity index (χ0v) is 26.9. The van der Waals surface area contributed by atoms with Crippen LogP contribution in [-0.2, 0) is 13.2 Å². The van der Waals surface area contributed by atoms with Crippen LogP contribution in [0.1, 0.15) is 31.8 Å². The first-order valence-electron chi connectivity index (χ1n) is 15.5. The van der Waals surface area contributed by atoms with Gasteiger partial charge in [0.25, 0.3) is 23.2 Å². The number of nitrogens with one attached hydrogen (secondary N) is 2. The van der Waals surface area contributed by atoms with E-state index in [2.05, 4.69) is 10.6 Å². The molecule has 0 fully saturated rings. The maximum Gasteiger partial charge on any atom is 0.349 e. The van der Waals surface area contributed by atoms with Gasteiger partial charge in [0.05, 0.1) is 9.85 Å². The zero-order chi connectivity index (χ0) is 36.8. The van der Waals surface area contributed by atoms with Crippen LogP contribution in [0.5, 0.6) is 11.5 Å². The summed E-state index contributed by atoms with van der Waals surface area (Å²) in [6, 6.07) is 23.9. The molecule has 52 heavy (non-hydrogen) atoms. The molecule has 6 aromatic rings. The number of hydrogen-bond donors (Lipinski definition) is 2. The summed E-state index contributed by atoms with van der Waals surface area (Å²) in [4.78, 5) is 71.4. The highest BCUT2D eigenvalue weighted by Crippen LogP contribution is 2.24. The lowest BCUT2D eigenvalue weighted by Crippen LogP contribution is -2.37. The molecule has 6 rings (SSSR count). The summed E-state index contributed by atoms with van der Waals surface area (Å²) in [6.07, 6.45) is 0. The minimum Gasteiger partial charge on any atom is -0.489 e. The molecular formula is C36H26N4O12. The van der Waals surface area contributed by atoms with E-state index in [4.69, 9.17) is 18.3 Å². The molecule has 0 unspecified atom stereocenters. The standard InChI is InChI=1S/C36H26N4O12/c41-33(29-15-23-5-11-27(17-31(23)51-35(29)43)49-19-21-1-7-25(8-2-21)39(45)46)37-13-14-38-34(42)30-16-24-6-12-28(18-32(24)52-36(30)44)50-20-22-3-9-26(10-4-22)40(47)48/h1-12,15-18H,13-14,19-20H2,(H,37,41)(H,38,42). The molecule has 0 radical (unpaired) electrons. The first-order valence-corrected chi connectivity index (χ1v) is 15.5. The SMILES string of the molecule is O=C(NCCNC(=O)c1cc2ccc(OCc3ccc([N+](=O)[O-])cc3)cc2oc1=O)c1cc2ccc(OCc3ccc([N+](=O)[O-])cc3)cc2oc1=O. The van der Waals surface area contributed by atoms with Crippen molar-refractivity contribution in [3.05, 3.63) is 160 Å². The summed E-state index contributed by atoms with van der Waals surface area (Å²) in [7, 11) is 0. The van der Waals surface area contributed by atoms with Crippen LogP contribution in [0, 0.1) is 20.2 Å². The summed E-state index contributed by atoms with van der Waals surface area (Å²) in [5, 5.41) is 27.6. The number of nitro benzene ring substituents is 2. The largest absolute Gasteiger partial charge is 0.489 e. The second-order valence-corrected chi connectivity index (χ2v) is 11.2. The highest BCUT2D eigenvalue weighted by atomic mass is 16.6. The van der Waals surface area contributed by atoms with Crippen molar-refractivity contribution in [1.82, 2.24) is 10.6 Å². The molecule has 2 amide bonds. The van der Waals surface area contributed by atoms with Crippen LogP contribution in [0.15, 0.2) is 115 Å². The number of ether oxygens (including phenoxy) is 2. The van der Waals surface area contributed by atoms with Gasteiger partial charge < -0.3 is 28.9 Å². The van der Waals surface area contributed by atoms with Crippen molar-refractivity contribution in [2.45, 2.75) is 13.2 Å². The second-order valence-electron chi connectivity index (χ2n) is 11.2. The maximum atomic E-state index is 12.8. The van der Waals surface area contributed by atoms with Gasteiger partial charge in [0, 0.05) is 60.3 Å². The molecule has 2 aromatic heterocycles. The fourth-order valence-corrected chi connectivity index (χ4v) is 4.98. The van der Waals surface area contributed by atoms with Crippen molar-refractivity contribution in [1.29, 1.82) is 0 Å². The Kier molecular flexibility index (Phi) is 9.98. The number of carbonyl (C=O) groups excluding carboxylic acids is 2. The number of non-ortho nitro benzene ring substituents is 2. The van der Waals surface area contributed by atoms with Crippen molar-refractivity contribution in [3.8, 4) is 11.5 Å². The molecule has 16 heteroatoms. The highest BCUT2D eigenvalue weighted by molar-refractivity contribution is 5.98. The molecule has 0 bridgehead atoms. The van der Waals surface area contributed by atoms with Gasteiger partial charge in [-0.15, -0.1) is 0 Å². The van der Waals surface area contributed by atoms with E-state index in [1.165, 1.54) is 48.5 Å². The van der Waals surface area contributed by atoms with Crippen molar-refractivity contribution in [3.63, 3.8) is 0 Å². The number of fused-ring (bicyclic) bond motifs is 2. The molecule has 0 saturated carbocycles. The Bertz CT molecular complexity index is 2280. The van der Waals surface area contributed by atoms with E-state index in [0.717, 1.165) is 0 Å². The smallest absolute Gasteiger partial charge is 0.349 e. The predicted molar refractivity (Wildman–Crippen MR) is 184 cm³/mol. The molecule has 0 spiro atoms. The Balaban J connectivity index is 1.00. The van der Waals surface area contributed by atoms with Crippen molar-refractivity contribution in [2.24, 2.45) is 0 Å². The first-order chi connectivity index (χ1) is 25.0. The Morgan fingerprint density at radius 1 is 0.577 bits per heavy atom. The minimum absolute atomic E-state index is 0.0414. The highest BCUT2D eigenvalue weighted by Gasteiger charge is 2.17. The van der Waals surface area contributed by atoms with E-state index in [1.807, 2.05) is 0 Å². The quantitative estimate of drug-likeness (QED) is 0.0698. The topological polar surface area (TPSA) is 223 Å². The fraction of sp³-hybridized carbons (Fsp3) is 0.111. The molecule has 0 saturated heterocycles. The van der Waals surface area contributed by atoms with E-state index in [-0.39, 0.29) is 60.0 Å². The molecule has 4 aromatic carbocycles. The number of hydrogen-bond acceptors (Lipinski definition) is 12. The van der Waals surface area contributed by atoms with Crippen molar-refractivity contribution < 1.29 is 37.7 Å². The molecule has 2 heterocycles. The fourth-order valence-electron chi connectivity index (χ4n) is 4.98.